The van der Waals surface area contributed by atoms with Crippen LogP contribution < -0.4 is 14.8 Å². The van der Waals surface area contributed by atoms with E-state index in [1.807, 2.05) is 44.7 Å². The molecule has 0 fully saturated rings. The van der Waals surface area contributed by atoms with Gasteiger partial charge in [-0.1, -0.05) is 6.58 Å². The highest BCUT2D eigenvalue weighted by Gasteiger charge is 2.24. The predicted molar refractivity (Wildman–Crippen MR) is 123 cm³/mol. The number of aromatic nitrogens is 5. The van der Waals surface area contributed by atoms with Gasteiger partial charge in [-0.3, -0.25) is 4.98 Å². The Bertz CT molecular complexity index is 986. The lowest BCUT2D eigenvalue weighted by molar-refractivity contribution is 0.203. The monoisotopic (exact) mass is 514 g/mol. The fourth-order valence-electron chi connectivity index (χ4n) is 2.99. The standard InChI is InChI=1S/C18H24IN6O2P/c1-6-13-12-8-14(21-10-15(12)25(22-13)28-19)16-17(26-7-2)23-24(5)18(16)27-11(3)9-20-4/h6,8,10-11,20,28H,1,7,9H2,2-5H3. The minimum absolute atomic E-state index is 0.0379. The molecule has 2 atom stereocenters. The van der Waals surface area contributed by atoms with Crippen LogP contribution >= 0.6 is 28.4 Å². The topological polar surface area (TPSA) is 79.0 Å². The van der Waals surface area contributed by atoms with E-state index in [-0.39, 0.29) is 6.10 Å². The number of nitrogens with zero attached hydrogens (tertiary/aromatic N) is 5. The van der Waals surface area contributed by atoms with Crippen molar-refractivity contribution in [1.29, 1.82) is 0 Å². The summed E-state index contributed by atoms with van der Waals surface area (Å²) >= 11 is 2.30. The Morgan fingerprint density at radius 2 is 2.21 bits per heavy atom. The molecule has 3 heterocycles. The molecule has 0 bridgehead atoms. The molecule has 0 amide bonds. The molecule has 2 unspecified atom stereocenters. The first kappa shape index (κ1) is 21.0. The molecule has 3 rings (SSSR count). The van der Waals surface area contributed by atoms with Gasteiger partial charge in [-0.15, -0.1) is 5.10 Å². The van der Waals surface area contributed by atoms with Crippen LogP contribution in [0.3, 0.4) is 0 Å². The molecule has 0 spiro atoms. The maximum absolute atomic E-state index is 6.17. The smallest absolute Gasteiger partial charge is 0.246 e. The Labute approximate surface area is 179 Å². The van der Waals surface area contributed by atoms with Crippen molar-refractivity contribution >= 4 is 45.4 Å². The second kappa shape index (κ2) is 9.19. The maximum atomic E-state index is 6.17. The minimum atomic E-state index is -0.0379. The normalized spacial score (nSPS) is 12.8. The van der Waals surface area contributed by atoms with Gasteiger partial charge in [-0.25, -0.2) is 9.13 Å². The zero-order chi connectivity index (χ0) is 20.3. The molecule has 28 heavy (non-hydrogen) atoms. The summed E-state index contributed by atoms with van der Waals surface area (Å²) < 4.78 is 15.6. The van der Waals surface area contributed by atoms with Crippen molar-refractivity contribution in [3.63, 3.8) is 0 Å². The highest BCUT2D eigenvalue weighted by Crippen LogP contribution is 2.39. The second-order valence-corrected chi connectivity index (χ2v) is 8.24. The maximum Gasteiger partial charge on any atom is 0.246 e. The second-order valence-electron chi connectivity index (χ2n) is 6.20. The van der Waals surface area contributed by atoms with Gasteiger partial charge in [-0.05, 0) is 55.1 Å². The van der Waals surface area contributed by atoms with Gasteiger partial charge in [-0.2, -0.15) is 5.10 Å². The lowest BCUT2D eigenvalue weighted by Gasteiger charge is -2.15. The van der Waals surface area contributed by atoms with Gasteiger partial charge in [0.1, 0.15) is 11.7 Å². The number of halogens is 1. The summed E-state index contributed by atoms with van der Waals surface area (Å²) in [5, 5.41) is 13.2. The van der Waals surface area contributed by atoms with Crippen LogP contribution in [0.25, 0.3) is 28.2 Å². The summed E-state index contributed by atoms with van der Waals surface area (Å²) in [7, 11) is 3.74. The summed E-state index contributed by atoms with van der Waals surface area (Å²) in [6, 6.07) is 2.00. The van der Waals surface area contributed by atoms with Crippen molar-refractivity contribution in [3.8, 4) is 23.0 Å². The number of hydrogen-bond donors (Lipinski definition) is 1. The number of hydrogen-bond acceptors (Lipinski definition) is 6. The van der Waals surface area contributed by atoms with Crippen molar-refractivity contribution in [3.05, 3.63) is 24.5 Å². The van der Waals surface area contributed by atoms with Crippen LogP contribution in [0.5, 0.6) is 11.8 Å². The molecule has 10 heteroatoms. The Balaban J connectivity index is 2.17. The van der Waals surface area contributed by atoms with E-state index in [1.54, 1.807) is 10.8 Å². The van der Waals surface area contributed by atoms with Crippen molar-refractivity contribution in [2.24, 2.45) is 7.05 Å². The Kier molecular flexibility index (Phi) is 6.90. The lowest BCUT2D eigenvalue weighted by Crippen LogP contribution is -2.27. The van der Waals surface area contributed by atoms with Gasteiger partial charge in [0, 0.05) is 19.0 Å². The van der Waals surface area contributed by atoms with Crippen LogP contribution in [-0.2, 0) is 7.05 Å². The lowest BCUT2D eigenvalue weighted by atomic mass is 10.1. The fraction of sp³-hybridized carbons (Fsp3) is 0.389. The summed E-state index contributed by atoms with van der Waals surface area (Å²) in [6.07, 6.45) is 4.04. The largest absolute Gasteiger partial charge is 0.476 e. The summed E-state index contributed by atoms with van der Waals surface area (Å²) in [4.78, 5) is 4.68. The third-order valence-electron chi connectivity index (χ3n) is 4.17. The average Bonchev–Trinajstić information content (AvgIpc) is 3.19. The number of pyridine rings is 1. The predicted octanol–water partition coefficient (Wildman–Crippen LogP) is 3.65. The van der Waals surface area contributed by atoms with Gasteiger partial charge in [0.25, 0.3) is 0 Å². The van der Waals surface area contributed by atoms with E-state index in [9.17, 15) is 0 Å². The number of fused-ring (bicyclic) bond motifs is 1. The van der Waals surface area contributed by atoms with E-state index in [2.05, 4.69) is 49.1 Å². The van der Waals surface area contributed by atoms with Crippen LogP contribution in [0.1, 0.15) is 19.5 Å². The number of likely N-dealkylation sites (N-methyl/N-ethyl adjacent to an activating group) is 1. The molecule has 3 aromatic heterocycles. The molecule has 0 radical (unpaired) electrons. The van der Waals surface area contributed by atoms with Gasteiger partial charge in [0.05, 0.1) is 36.1 Å². The van der Waals surface area contributed by atoms with Gasteiger partial charge >= 0.3 is 0 Å². The zero-order valence-corrected chi connectivity index (χ0v) is 19.5. The van der Waals surface area contributed by atoms with E-state index in [1.165, 1.54) is 0 Å². The third kappa shape index (κ3) is 4.01. The fourth-order valence-corrected chi connectivity index (χ4v) is 4.50. The van der Waals surface area contributed by atoms with Crippen LogP contribution in [0.4, 0.5) is 0 Å². The van der Waals surface area contributed by atoms with E-state index < -0.39 is 0 Å². The SMILES string of the molecule is C=Cc1nn(PI)c2cnc(-c3c(OCC)nn(C)c3OC(C)CNC)cc12. The molecule has 0 aliphatic carbocycles. The minimum Gasteiger partial charge on any atom is -0.476 e. The van der Waals surface area contributed by atoms with Crippen molar-refractivity contribution in [1.82, 2.24) is 29.6 Å². The molecule has 0 aromatic carbocycles. The highest BCUT2D eigenvalue weighted by atomic mass is 127. The van der Waals surface area contributed by atoms with Crippen molar-refractivity contribution in [2.75, 3.05) is 20.2 Å². The number of aryl methyl sites for hydroxylation is 1. The molecule has 150 valence electrons. The number of rotatable bonds is 9. The summed E-state index contributed by atoms with van der Waals surface area (Å²) in [6.45, 7) is 9.04. The molecular weight excluding hydrogens is 490 g/mol. The number of ether oxygens (including phenoxy) is 2. The molecule has 3 aromatic rings. The summed E-state index contributed by atoms with van der Waals surface area (Å²) in [5.74, 6) is 1.13. The first-order valence-corrected chi connectivity index (χ1v) is 13.0. The zero-order valence-electron chi connectivity index (χ0n) is 16.4. The Morgan fingerprint density at radius 1 is 1.43 bits per heavy atom. The quantitative estimate of drug-likeness (QED) is 0.347. The van der Waals surface area contributed by atoms with Crippen LogP contribution in [0, 0.1) is 0 Å². The van der Waals surface area contributed by atoms with E-state index in [0.717, 1.165) is 27.9 Å². The molecule has 1 N–H and O–H groups in total. The molecule has 0 aliphatic heterocycles. The van der Waals surface area contributed by atoms with Gasteiger partial charge in [0.15, 0.2) is 0 Å². The molecule has 0 saturated carbocycles. The first-order valence-electron chi connectivity index (χ1n) is 8.93. The van der Waals surface area contributed by atoms with Crippen molar-refractivity contribution < 1.29 is 9.47 Å². The molecule has 8 nitrogen and oxygen atoms in total. The molecular formula is C18H24IN6O2P. The van der Waals surface area contributed by atoms with Crippen LogP contribution in [0.2, 0.25) is 0 Å². The third-order valence-corrected chi connectivity index (χ3v) is 6.04. The van der Waals surface area contributed by atoms with E-state index in [0.29, 0.717) is 31.3 Å². The summed E-state index contributed by atoms with van der Waals surface area (Å²) in [5.41, 5.74) is 3.28. The first-order chi connectivity index (χ1) is 13.5. The Hall–Kier alpha value is -1.71. The van der Waals surface area contributed by atoms with Crippen LogP contribution in [-0.4, -0.2) is 50.6 Å². The van der Waals surface area contributed by atoms with Gasteiger partial charge in [0.2, 0.25) is 11.8 Å². The van der Waals surface area contributed by atoms with E-state index in [4.69, 9.17) is 9.47 Å². The van der Waals surface area contributed by atoms with Crippen LogP contribution in [0.15, 0.2) is 18.8 Å². The highest BCUT2D eigenvalue weighted by molar-refractivity contribution is 14.2. The van der Waals surface area contributed by atoms with Crippen molar-refractivity contribution in [2.45, 2.75) is 20.0 Å². The number of nitrogens with one attached hydrogen (secondary N) is 1. The molecule has 0 aliphatic rings. The molecule has 0 saturated heterocycles. The Morgan fingerprint density at radius 3 is 2.86 bits per heavy atom. The van der Waals surface area contributed by atoms with E-state index >= 15 is 0 Å². The average molecular weight is 514 g/mol. The van der Waals surface area contributed by atoms with Gasteiger partial charge < -0.3 is 14.8 Å².